The lowest BCUT2D eigenvalue weighted by molar-refractivity contribution is 0.666. The smallest absolute Gasteiger partial charge is 0.159 e. The van der Waals surface area contributed by atoms with Crippen LogP contribution in [0.5, 0.6) is 0 Å². The third-order valence-corrected chi connectivity index (χ3v) is 10.5. The minimum atomic E-state index is 0.888. The average molecular weight is 651 g/mol. The summed E-state index contributed by atoms with van der Waals surface area (Å²) in [5.41, 5.74) is 13.4. The van der Waals surface area contributed by atoms with Gasteiger partial charge in [-0.3, -0.25) is 0 Å². The molecule has 51 heavy (non-hydrogen) atoms. The maximum absolute atomic E-state index is 6.68. The topological polar surface area (TPSA) is 23.0 Å². The normalized spacial score (nSPS) is 11.9. The molecule has 0 amide bonds. The molecule has 0 aliphatic rings. The largest absolute Gasteiger partial charge is 0.454 e. The summed E-state index contributed by atoms with van der Waals surface area (Å²) in [5, 5.41) is 7.13. The lowest BCUT2D eigenvalue weighted by Gasteiger charge is -2.16. The quantitative estimate of drug-likeness (QED) is 0.186. The summed E-state index contributed by atoms with van der Waals surface area (Å²) in [4.78, 5) is 0. The van der Waals surface area contributed by atoms with Crippen molar-refractivity contribution in [1.29, 1.82) is 0 Å². The van der Waals surface area contributed by atoms with E-state index in [0.717, 1.165) is 44.3 Å². The Hall–Kier alpha value is -6.84. The van der Waals surface area contributed by atoms with E-state index < -0.39 is 0 Å². The number of furan rings is 1. The van der Waals surface area contributed by atoms with Crippen molar-refractivity contribution in [1.82, 2.24) is 9.13 Å². The fraction of sp³-hybridized carbons (Fsp3) is 0. The molecule has 0 fully saturated rings. The van der Waals surface area contributed by atoms with Crippen LogP contribution in [0.4, 0.5) is 0 Å². The molecule has 8 aromatic carbocycles. The van der Waals surface area contributed by atoms with E-state index in [1.807, 2.05) is 6.07 Å². The van der Waals surface area contributed by atoms with E-state index in [9.17, 15) is 0 Å². The van der Waals surface area contributed by atoms with Gasteiger partial charge >= 0.3 is 0 Å². The summed E-state index contributed by atoms with van der Waals surface area (Å²) in [6.07, 6.45) is 0. The number of aromatic nitrogens is 2. The maximum Gasteiger partial charge on any atom is 0.159 e. The molecule has 0 saturated carbocycles. The Labute approximate surface area is 293 Å². The Bertz CT molecular complexity index is 3130. The molecule has 11 aromatic rings. The van der Waals surface area contributed by atoms with Gasteiger partial charge in [-0.1, -0.05) is 133 Å². The van der Waals surface area contributed by atoms with Gasteiger partial charge in [0.05, 0.1) is 27.8 Å². The van der Waals surface area contributed by atoms with Crippen LogP contribution in [0.15, 0.2) is 186 Å². The highest BCUT2D eigenvalue weighted by Crippen LogP contribution is 2.46. The first-order valence-corrected chi connectivity index (χ1v) is 17.4. The Balaban J connectivity index is 1.31. The van der Waals surface area contributed by atoms with Gasteiger partial charge in [0.15, 0.2) is 5.58 Å². The molecule has 3 heterocycles. The molecule has 0 bridgehead atoms. The molecule has 0 radical (unpaired) electrons. The highest BCUT2D eigenvalue weighted by Gasteiger charge is 2.23. The second kappa shape index (κ2) is 10.8. The van der Waals surface area contributed by atoms with Crippen molar-refractivity contribution in [3.8, 4) is 33.6 Å². The second-order valence-electron chi connectivity index (χ2n) is 13.3. The van der Waals surface area contributed by atoms with Crippen molar-refractivity contribution < 1.29 is 4.42 Å². The predicted octanol–water partition coefficient (Wildman–Crippen LogP) is 13.1. The molecule has 0 unspecified atom stereocenters. The molecule has 0 saturated heterocycles. The van der Waals surface area contributed by atoms with Crippen molar-refractivity contribution in [2.24, 2.45) is 0 Å². The van der Waals surface area contributed by atoms with E-state index in [1.54, 1.807) is 0 Å². The summed E-state index contributed by atoms with van der Waals surface area (Å²) < 4.78 is 11.5. The molecule has 0 atom stereocenters. The summed E-state index contributed by atoms with van der Waals surface area (Å²) in [6, 6.07) is 65.5. The molecule has 0 spiro atoms. The van der Waals surface area contributed by atoms with E-state index >= 15 is 0 Å². The molecule has 3 aromatic heterocycles. The summed E-state index contributed by atoms with van der Waals surface area (Å²) in [5.74, 6) is 0. The third-order valence-electron chi connectivity index (χ3n) is 10.5. The lowest BCUT2D eigenvalue weighted by Crippen LogP contribution is -1.98. The number of nitrogens with zero attached hydrogens (tertiary/aromatic N) is 2. The minimum absolute atomic E-state index is 0.888. The standard InChI is InChI=1S/C48H30N2O/c1-3-15-31(16-4-1)39-29-41-34-20-8-10-25-42(34)49(32-17-5-2-6-18-32)45(41)30-40(39)37-23-13-22-36-33-19-7-11-26-43(33)50(47(36)37)44-27-14-24-38-35-21-9-12-28-46(35)51-48(38)44/h1-30H. The highest BCUT2D eigenvalue weighted by atomic mass is 16.3. The van der Waals surface area contributed by atoms with Crippen LogP contribution in [-0.4, -0.2) is 9.13 Å². The molecule has 0 aliphatic carbocycles. The molecule has 11 rings (SSSR count). The lowest BCUT2D eigenvalue weighted by atomic mass is 9.91. The summed E-state index contributed by atoms with van der Waals surface area (Å²) in [6.45, 7) is 0. The first kappa shape index (κ1) is 28.0. The second-order valence-corrected chi connectivity index (χ2v) is 13.3. The van der Waals surface area contributed by atoms with E-state index in [0.29, 0.717) is 0 Å². The highest BCUT2D eigenvalue weighted by molar-refractivity contribution is 6.18. The van der Waals surface area contributed by atoms with E-state index in [-0.39, 0.29) is 0 Å². The van der Waals surface area contributed by atoms with Crippen LogP contribution >= 0.6 is 0 Å². The van der Waals surface area contributed by atoms with Gasteiger partial charge in [0.25, 0.3) is 0 Å². The maximum atomic E-state index is 6.68. The van der Waals surface area contributed by atoms with E-state index in [1.165, 1.54) is 54.8 Å². The number of para-hydroxylation sites is 6. The minimum Gasteiger partial charge on any atom is -0.454 e. The molecule has 0 aliphatic heterocycles. The van der Waals surface area contributed by atoms with Crippen molar-refractivity contribution in [3.63, 3.8) is 0 Å². The molecule has 238 valence electrons. The van der Waals surface area contributed by atoms with Crippen molar-refractivity contribution in [3.05, 3.63) is 182 Å². The number of fused-ring (bicyclic) bond motifs is 9. The Morgan fingerprint density at radius 3 is 1.76 bits per heavy atom. The Kier molecular flexibility index (Phi) is 5.96. The molecular formula is C48H30N2O. The van der Waals surface area contributed by atoms with Crippen LogP contribution in [-0.2, 0) is 0 Å². The van der Waals surface area contributed by atoms with Crippen LogP contribution in [0.25, 0.3) is 99.2 Å². The Morgan fingerprint density at radius 1 is 0.353 bits per heavy atom. The molecule has 3 nitrogen and oxygen atoms in total. The van der Waals surface area contributed by atoms with Crippen LogP contribution in [0.2, 0.25) is 0 Å². The van der Waals surface area contributed by atoms with Crippen LogP contribution in [0, 0.1) is 0 Å². The summed E-state index contributed by atoms with van der Waals surface area (Å²) in [7, 11) is 0. The summed E-state index contributed by atoms with van der Waals surface area (Å²) >= 11 is 0. The predicted molar refractivity (Wildman–Crippen MR) is 213 cm³/mol. The number of benzene rings is 8. The van der Waals surface area contributed by atoms with Crippen LogP contribution in [0.1, 0.15) is 0 Å². The SMILES string of the molecule is c1ccc(-c2cc3c4ccccc4n(-c4ccccc4)c3cc2-c2cccc3c4ccccc4n(-c4cccc5c4oc4ccccc45)c23)cc1. The van der Waals surface area contributed by atoms with Gasteiger partial charge in [-0.2, -0.15) is 0 Å². The number of hydrogen-bond acceptors (Lipinski definition) is 1. The van der Waals surface area contributed by atoms with Gasteiger partial charge in [-0.15, -0.1) is 0 Å². The third kappa shape index (κ3) is 4.06. The van der Waals surface area contributed by atoms with E-state index in [4.69, 9.17) is 4.42 Å². The van der Waals surface area contributed by atoms with Gasteiger partial charge in [0.2, 0.25) is 0 Å². The molecule has 0 N–H and O–H groups in total. The number of hydrogen-bond donors (Lipinski definition) is 0. The first-order valence-electron chi connectivity index (χ1n) is 17.4. The van der Waals surface area contributed by atoms with Gasteiger partial charge in [0.1, 0.15) is 5.58 Å². The molecule has 3 heteroatoms. The zero-order chi connectivity index (χ0) is 33.5. The van der Waals surface area contributed by atoms with Gasteiger partial charge in [-0.05, 0) is 65.2 Å². The van der Waals surface area contributed by atoms with Gasteiger partial charge < -0.3 is 13.6 Å². The zero-order valence-corrected chi connectivity index (χ0v) is 27.6. The fourth-order valence-electron chi connectivity index (χ4n) is 8.34. The first-order chi connectivity index (χ1) is 25.3. The van der Waals surface area contributed by atoms with Crippen molar-refractivity contribution >= 4 is 65.6 Å². The molecular weight excluding hydrogens is 621 g/mol. The monoisotopic (exact) mass is 650 g/mol. The zero-order valence-electron chi connectivity index (χ0n) is 27.6. The van der Waals surface area contributed by atoms with Gasteiger partial charge in [-0.25, -0.2) is 0 Å². The number of rotatable bonds is 4. The fourth-order valence-corrected chi connectivity index (χ4v) is 8.34. The van der Waals surface area contributed by atoms with Crippen LogP contribution in [0.3, 0.4) is 0 Å². The van der Waals surface area contributed by atoms with Crippen molar-refractivity contribution in [2.45, 2.75) is 0 Å². The van der Waals surface area contributed by atoms with Gasteiger partial charge in [0, 0.05) is 43.6 Å². The Morgan fingerprint density at radius 2 is 0.961 bits per heavy atom. The van der Waals surface area contributed by atoms with Crippen molar-refractivity contribution in [2.75, 3.05) is 0 Å². The average Bonchev–Trinajstić information content (AvgIpc) is 3.86. The van der Waals surface area contributed by atoms with Crippen LogP contribution < -0.4 is 0 Å². The van der Waals surface area contributed by atoms with E-state index in [2.05, 4.69) is 185 Å².